The number of nitrogens with one attached hydrogen (secondary N) is 2. The van der Waals surface area contributed by atoms with Gasteiger partial charge in [-0.2, -0.15) is 0 Å². The van der Waals surface area contributed by atoms with E-state index in [1.165, 1.54) is 38.1 Å². The Balaban J connectivity index is 1.53. The highest BCUT2D eigenvalue weighted by Crippen LogP contribution is 2.22. The van der Waals surface area contributed by atoms with Crippen LogP contribution in [0.3, 0.4) is 0 Å². The van der Waals surface area contributed by atoms with Gasteiger partial charge in [-0.15, -0.1) is 0 Å². The van der Waals surface area contributed by atoms with Gasteiger partial charge in [0.2, 0.25) is 5.91 Å². The molecule has 9 heteroatoms. The molecular formula is C20H24N4O4S. The van der Waals surface area contributed by atoms with Crippen LogP contribution in [-0.4, -0.2) is 47.8 Å². The molecule has 1 aromatic carbocycles. The first-order chi connectivity index (χ1) is 14.0. The molecule has 0 unspecified atom stereocenters. The highest BCUT2D eigenvalue weighted by molar-refractivity contribution is 7.99. The Morgan fingerprint density at radius 2 is 1.93 bits per heavy atom. The second-order valence-electron chi connectivity index (χ2n) is 6.73. The minimum absolute atomic E-state index is 0.0818. The van der Waals surface area contributed by atoms with Crippen molar-refractivity contribution in [2.45, 2.75) is 30.8 Å². The lowest BCUT2D eigenvalue weighted by atomic mass is 10.1. The van der Waals surface area contributed by atoms with Crippen LogP contribution >= 0.6 is 11.8 Å². The number of carbonyl (C=O) groups excluding carboxylic acids is 2. The van der Waals surface area contributed by atoms with E-state index in [-0.39, 0.29) is 28.8 Å². The van der Waals surface area contributed by atoms with Crippen LogP contribution in [-0.2, 0) is 20.7 Å². The fourth-order valence-electron chi connectivity index (χ4n) is 3.10. The number of ether oxygens (including phenoxy) is 1. The predicted octanol–water partition coefficient (Wildman–Crippen LogP) is 2.21. The zero-order valence-corrected chi connectivity index (χ0v) is 17.1. The van der Waals surface area contributed by atoms with Crippen molar-refractivity contribution in [1.29, 1.82) is 0 Å². The smallest absolute Gasteiger partial charge is 0.311 e. The van der Waals surface area contributed by atoms with Crippen LogP contribution in [0.5, 0.6) is 0 Å². The third-order valence-corrected chi connectivity index (χ3v) is 5.41. The maximum absolute atomic E-state index is 12.2. The number of aromatic nitrogens is 2. The zero-order valence-electron chi connectivity index (χ0n) is 16.3. The van der Waals surface area contributed by atoms with Crippen molar-refractivity contribution in [2.75, 3.05) is 36.2 Å². The largest absolute Gasteiger partial charge is 0.469 e. The molecule has 29 heavy (non-hydrogen) atoms. The molecule has 1 saturated heterocycles. The number of hydrogen-bond donors (Lipinski definition) is 2. The number of esters is 1. The number of aromatic amines is 1. The minimum Gasteiger partial charge on any atom is -0.469 e. The lowest BCUT2D eigenvalue weighted by Gasteiger charge is -2.28. The van der Waals surface area contributed by atoms with Gasteiger partial charge in [0.15, 0.2) is 5.16 Å². The lowest BCUT2D eigenvalue weighted by Crippen LogP contribution is -2.29. The van der Waals surface area contributed by atoms with Gasteiger partial charge >= 0.3 is 5.97 Å². The molecule has 1 amide bonds. The summed E-state index contributed by atoms with van der Waals surface area (Å²) in [5.41, 5.74) is 1.81. The van der Waals surface area contributed by atoms with Crippen molar-refractivity contribution in [1.82, 2.24) is 9.97 Å². The number of hydrogen-bond acceptors (Lipinski definition) is 7. The summed E-state index contributed by atoms with van der Waals surface area (Å²) in [7, 11) is 1.27. The molecule has 1 aliphatic rings. The maximum Gasteiger partial charge on any atom is 0.311 e. The highest BCUT2D eigenvalue weighted by atomic mass is 32.2. The summed E-state index contributed by atoms with van der Waals surface area (Å²) in [6.45, 7) is 2.14. The van der Waals surface area contributed by atoms with Gasteiger partial charge < -0.3 is 19.9 Å². The fraction of sp³-hybridized carbons (Fsp3) is 0.400. The second kappa shape index (κ2) is 10.1. The number of H-pyrrole nitrogens is 1. The van der Waals surface area contributed by atoms with Crippen LogP contribution in [0.2, 0.25) is 0 Å². The number of methoxy groups -OCH3 is 1. The average Bonchev–Trinajstić information content (AvgIpc) is 2.73. The van der Waals surface area contributed by atoms with E-state index >= 15 is 0 Å². The molecule has 3 rings (SSSR count). The van der Waals surface area contributed by atoms with Crippen LogP contribution < -0.4 is 15.8 Å². The number of nitrogens with zero attached hydrogens (tertiary/aromatic N) is 2. The first-order valence-corrected chi connectivity index (χ1v) is 10.5. The van der Waals surface area contributed by atoms with Gasteiger partial charge in [0, 0.05) is 30.5 Å². The van der Waals surface area contributed by atoms with Crippen LogP contribution in [0.1, 0.15) is 25.0 Å². The van der Waals surface area contributed by atoms with Gasteiger partial charge in [0.05, 0.1) is 25.0 Å². The van der Waals surface area contributed by atoms with E-state index in [1.807, 2.05) is 24.3 Å². The van der Waals surface area contributed by atoms with Crippen molar-refractivity contribution < 1.29 is 14.3 Å². The van der Waals surface area contributed by atoms with E-state index < -0.39 is 5.97 Å². The summed E-state index contributed by atoms with van der Waals surface area (Å²) in [6.07, 6.45) is 3.62. The average molecular weight is 417 g/mol. The Kier molecular flexibility index (Phi) is 7.29. The van der Waals surface area contributed by atoms with E-state index in [1.54, 1.807) is 0 Å². The topological polar surface area (TPSA) is 104 Å². The SMILES string of the molecule is COC(=O)Cc1cc(=O)[nH]c(SCC(=O)Nc2ccc(N3CCCCC3)cc2)n1. The molecule has 2 heterocycles. The first-order valence-electron chi connectivity index (χ1n) is 9.48. The molecule has 8 nitrogen and oxygen atoms in total. The number of amides is 1. The molecule has 0 atom stereocenters. The van der Waals surface area contributed by atoms with Crippen molar-refractivity contribution >= 4 is 35.0 Å². The third-order valence-electron chi connectivity index (χ3n) is 4.54. The van der Waals surface area contributed by atoms with Crippen LogP contribution in [0.4, 0.5) is 11.4 Å². The monoisotopic (exact) mass is 416 g/mol. The lowest BCUT2D eigenvalue weighted by molar-refractivity contribution is -0.139. The van der Waals surface area contributed by atoms with Gasteiger partial charge in [-0.05, 0) is 43.5 Å². The van der Waals surface area contributed by atoms with Gasteiger partial charge in [-0.1, -0.05) is 11.8 Å². The van der Waals surface area contributed by atoms with E-state index in [0.29, 0.717) is 5.69 Å². The van der Waals surface area contributed by atoms with Crippen molar-refractivity contribution in [3.63, 3.8) is 0 Å². The van der Waals surface area contributed by atoms with Crippen LogP contribution in [0.15, 0.2) is 40.3 Å². The van der Waals surface area contributed by atoms with Gasteiger partial charge in [-0.25, -0.2) is 4.98 Å². The molecule has 154 valence electrons. The molecular weight excluding hydrogens is 392 g/mol. The quantitative estimate of drug-likeness (QED) is 0.405. The Bertz CT molecular complexity index is 907. The normalized spacial score (nSPS) is 13.8. The first kappa shape index (κ1) is 20.9. The van der Waals surface area contributed by atoms with Crippen LogP contribution in [0, 0.1) is 0 Å². The number of thioether (sulfide) groups is 1. The summed E-state index contributed by atoms with van der Waals surface area (Å²) >= 11 is 1.10. The fourth-order valence-corrected chi connectivity index (χ4v) is 3.80. The minimum atomic E-state index is -0.482. The summed E-state index contributed by atoms with van der Waals surface area (Å²) in [5.74, 6) is -0.607. The molecule has 1 fully saturated rings. The molecule has 0 saturated carbocycles. The molecule has 0 radical (unpaired) electrons. The van der Waals surface area contributed by atoms with Crippen molar-refractivity contribution in [2.24, 2.45) is 0 Å². The number of carbonyl (C=O) groups is 2. The second-order valence-corrected chi connectivity index (χ2v) is 7.69. The number of piperidine rings is 1. The maximum atomic E-state index is 12.2. The van der Waals surface area contributed by atoms with E-state index in [4.69, 9.17) is 0 Å². The van der Waals surface area contributed by atoms with E-state index in [0.717, 1.165) is 30.5 Å². The standard InChI is InChI=1S/C20H24N4O4S/c1-28-19(27)12-15-11-17(25)23-20(22-15)29-13-18(26)21-14-5-7-16(8-6-14)24-9-3-2-4-10-24/h5-8,11H,2-4,9-10,12-13H2,1H3,(H,21,26)(H,22,23,25). The molecule has 2 aromatic rings. The Morgan fingerprint density at radius 1 is 1.21 bits per heavy atom. The summed E-state index contributed by atoms with van der Waals surface area (Å²) in [5, 5.41) is 3.12. The molecule has 1 aromatic heterocycles. The zero-order chi connectivity index (χ0) is 20.6. The Hall–Kier alpha value is -2.81. The molecule has 0 bridgehead atoms. The van der Waals surface area contributed by atoms with Crippen LogP contribution in [0.25, 0.3) is 0 Å². The molecule has 0 spiro atoms. The predicted molar refractivity (Wildman–Crippen MR) is 112 cm³/mol. The number of benzene rings is 1. The van der Waals surface area contributed by atoms with Crippen molar-refractivity contribution in [3.8, 4) is 0 Å². The van der Waals surface area contributed by atoms with Crippen molar-refractivity contribution in [3.05, 3.63) is 46.4 Å². The van der Waals surface area contributed by atoms with Gasteiger partial charge in [0.1, 0.15) is 0 Å². The number of anilines is 2. The summed E-state index contributed by atoms with van der Waals surface area (Å²) < 4.78 is 4.58. The number of rotatable bonds is 7. The summed E-state index contributed by atoms with van der Waals surface area (Å²) in [4.78, 5) is 44.4. The highest BCUT2D eigenvalue weighted by Gasteiger charge is 2.12. The Labute approximate surface area is 173 Å². The summed E-state index contributed by atoms with van der Waals surface area (Å²) in [6, 6.07) is 9.06. The van der Waals surface area contributed by atoms with Gasteiger partial charge in [-0.3, -0.25) is 14.4 Å². The van der Waals surface area contributed by atoms with E-state index in [2.05, 4.69) is 24.9 Å². The molecule has 2 N–H and O–H groups in total. The Morgan fingerprint density at radius 3 is 2.62 bits per heavy atom. The van der Waals surface area contributed by atoms with E-state index in [9.17, 15) is 14.4 Å². The molecule has 0 aliphatic carbocycles. The van der Waals surface area contributed by atoms with Gasteiger partial charge in [0.25, 0.3) is 5.56 Å². The molecule has 1 aliphatic heterocycles. The third kappa shape index (κ3) is 6.35.